The van der Waals surface area contributed by atoms with Crippen LogP contribution in [0.4, 0.5) is 4.79 Å². The summed E-state index contributed by atoms with van der Waals surface area (Å²) >= 11 is 0. The number of benzene rings is 1. The third-order valence-corrected chi connectivity index (χ3v) is 3.23. The summed E-state index contributed by atoms with van der Waals surface area (Å²) in [5, 5.41) is 8.30. The zero-order chi connectivity index (χ0) is 17.1. The summed E-state index contributed by atoms with van der Waals surface area (Å²) < 4.78 is 5.45. The average Bonchev–Trinajstić information content (AvgIpc) is 2.53. The third-order valence-electron chi connectivity index (χ3n) is 3.23. The number of carbonyl (C=O) groups is 2. The van der Waals surface area contributed by atoms with Gasteiger partial charge in [0.25, 0.3) is 0 Å². The van der Waals surface area contributed by atoms with Crippen molar-refractivity contribution in [1.82, 2.24) is 16.0 Å². The fourth-order valence-corrected chi connectivity index (χ4v) is 2.01. The highest BCUT2D eigenvalue weighted by Gasteiger charge is 2.10. The van der Waals surface area contributed by atoms with Crippen molar-refractivity contribution in [3.05, 3.63) is 29.8 Å². The Morgan fingerprint density at radius 1 is 1.17 bits per heavy atom. The van der Waals surface area contributed by atoms with Crippen LogP contribution in [-0.4, -0.2) is 31.6 Å². The van der Waals surface area contributed by atoms with E-state index in [0.717, 1.165) is 17.7 Å². The van der Waals surface area contributed by atoms with E-state index in [1.807, 2.05) is 45.0 Å². The van der Waals surface area contributed by atoms with E-state index in [2.05, 4.69) is 16.0 Å². The minimum Gasteiger partial charge on any atom is -0.494 e. The SMILES string of the molecule is CCCNC(=O)CCNC(=O)NC(C)c1cccc(OCC)c1. The molecule has 1 aromatic rings. The molecular formula is C17H27N3O3. The molecule has 1 aromatic carbocycles. The van der Waals surface area contributed by atoms with E-state index in [9.17, 15) is 9.59 Å². The van der Waals surface area contributed by atoms with E-state index in [1.165, 1.54) is 0 Å². The van der Waals surface area contributed by atoms with Gasteiger partial charge < -0.3 is 20.7 Å². The van der Waals surface area contributed by atoms with Crippen LogP contribution in [0.1, 0.15) is 45.2 Å². The van der Waals surface area contributed by atoms with Crippen LogP contribution in [0.3, 0.4) is 0 Å². The second-order valence-electron chi connectivity index (χ2n) is 5.23. The Morgan fingerprint density at radius 3 is 2.65 bits per heavy atom. The van der Waals surface area contributed by atoms with Crippen molar-refractivity contribution in [2.75, 3.05) is 19.7 Å². The van der Waals surface area contributed by atoms with E-state index in [-0.39, 0.29) is 24.4 Å². The first-order valence-corrected chi connectivity index (χ1v) is 8.10. The lowest BCUT2D eigenvalue weighted by atomic mass is 10.1. The molecule has 0 saturated carbocycles. The Labute approximate surface area is 138 Å². The van der Waals surface area contributed by atoms with Crippen LogP contribution in [0.5, 0.6) is 5.75 Å². The van der Waals surface area contributed by atoms with Crippen molar-refractivity contribution in [1.29, 1.82) is 0 Å². The van der Waals surface area contributed by atoms with Crippen LogP contribution in [-0.2, 0) is 4.79 Å². The molecule has 128 valence electrons. The molecule has 0 saturated heterocycles. The van der Waals surface area contributed by atoms with Gasteiger partial charge in [-0.25, -0.2) is 4.79 Å². The smallest absolute Gasteiger partial charge is 0.315 e. The molecule has 6 nitrogen and oxygen atoms in total. The first-order chi connectivity index (χ1) is 11.1. The standard InChI is InChI=1S/C17H27N3O3/c1-4-10-18-16(21)9-11-19-17(22)20-13(3)14-7-6-8-15(12-14)23-5-2/h6-8,12-13H,4-5,9-11H2,1-3H3,(H,18,21)(H2,19,20,22). The van der Waals surface area contributed by atoms with Gasteiger partial charge >= 0.3 is 6.03 Å². The molecule has 0 heterocycles. The van der Waals surface area contributed by atoms with Gasteiger partial charge in [-0.3, -0.25) is 4.79 Å². The number of amides is 3. The minimum absolute atomic E-state index is 0.0513. The van der Waals surface area contributed by atoms with E-state index < -0.39 is 0 Å². The lowest BCUT2D eigenvalue weighted by Gasteiger charge is -2.16. The van der Waals surface area contributed by atoms with E-state index in [0.29, 0.717) is 19.7 Å². The molecule has 6 heteroatoms. The topological polar surface area (TPSA) is 79.5 Å². The summed E-state index contributed by atoms with van der Waals surface area (Å²) in [6.45, 7) is 7.40. The predicted molar refractivity (Wildman–Crippen MR) is 90.5 cm³/mol. The first-order valence-electron chi connectivity index (χ1n) is 8.10. The van der Waals surface area contributed by atoms with Crippen LogP contribution in [0.2, 0.25) is 0 Å². The average molecular weight is 321 g/mol. The van der Waals surface area contributed by atoms with Gasteiger partial charge in [-0.05, 0) is 38.0 Å². The number of rotatable bonds is 9. The highest BCUT2D eigenvalue weighted by molar-refractivity contribution is 5.78. The van der Waals surface area contributed by atoms with Gasteiger partial charge in [-0.15, -0.1) is 0 Å². The van der Waals surface area contributed by atoms with Gasteiger partial charge in [0.15, 0.2) is 0 Å². The number of carbonyl (C=O) groups excluding carboxylic acids is 2. The molecule has 0 aliphatic rings. The summed E-state index contributed by atoms with van der Waals surface area (Å²) in [5.74, 6) is 0.733. The molecule has 1 unspecified atom stereocenters. The lowest BCUT2D eigenvalue weighted by Crippen LogP contribution is -2.39. The molecule has 0 bridgehead atoms. The summed E-state index contributed by atoms with van der Waals surface area (Å²) in [7, 11) is 0. The Balaban J connectivity index is 2.36. The Morgan fingerprint density at radius 2 is 1.96 bits per heavy atom. The van der Waals surface area contributed by atoms with Crippen LogP contribution in [0.25, 0.3) is 0 Å². The molecule has 1 rings (SSSR count). The fourth-order valence-electron chi connectivity index (χ4n) is 2.01. The molecule has 0 radical (unpaired) electrons. The number of nitrogens with one attached hydrogen (secondary N) is 3. The normalized spacial score (nSPS) is 11.4. The quantitative estimate of drug-likeness (QED) is 0.653. The monoisotopic (exact) mass is 321 g/mol. The number of hydrogen-bond acceptors (Lipinski definition) is 3. The highest BCUT2D eigenvalue weighted by atomic mass is 16.5. The largest absolute Gasteiger partial charge is 0.494 e. The molecule has 23 heavy (non-hydrogen) atoms. The molecular weight excluding hydrogens is 294 g/mol. The maximum atomic E-state index is 11.8. The fraction of sp³-hybridized carbons (Fsp3) is 0.529. The lowest BCUT2D eigenvalue weighted by molar-refractivity contribution is -0.120. The summed E-state index contributed by atoms with van der Waals surface area (Å²) in [6.07, 6.45) is 1.18. The summed E-state index contributed by atoms with van der Waals surface area (Å²) in [5.41, 5.74) is 0.965. The van der Waals surface area contributed by atoms with Crippen LogP contribution >= 0.6 is 0 Å². The van der Waals surface area contributed by atoms with Crippen LogP contribution in [0.15, 0.2) is 24.3 Å². The zero-order valence-electron chi connectivity index (χ0n) is 14.1. The number of urea groups is 1. The van der Waals surface area contributed by atoms with Crippen molar-refractivity contribution < 1.29 is 14.3 Å². The first kappa shape index (κ1) is 18.8. The molecule has 0 spiro atoms. The van der Waals surface area contributed by atoms with E-state index in [1.54, 1.807) is 0 Å². The van der Waals surface area contributed by atoms with Crippen molar-refractivity contribution >= 4 is 11.9 Å². The van der Waals surface area contributed by atoms with E-state index in [4.69, 9.17) is 4.74 Å². The Kier molecular flexibility index (Phi) is 8.57. The number of ether oxygens (including phenoxy) is 1. The summed E-state index contributed by atoms with van der Waals surface area (Å²) in [6, 6.07) is 7.19. The van der Waals surface area contributed by atoms with Crippen LogP contribution in [0, 0.1) is 0 Å². The molecule has 0 aliphatic carbocycles. The third kappa shape index (κ3) is 7.54. The predicted octanol–water partition coefficient (Wildman–Crippen LogP) is 2.36. The molecule has 3 N–H and O–H groups in total. The van der Waals surface area contributed by atoms with Crippen molar-refractivity contribution in [3.8, 4) is 5.75 Å². The van der Waals surface area contributed by atoms with Gasteiger partial charge in [0, 0.05) is 19.5 Å². The summed E-state index contributed by atoms with van der Waals surface area (Å²) in [4.78, 5) is 23.3. The van der Waals surface area contributed by atoms with Gasteiger partial charge in [-0.1, -0.05) is 19.1 Å². The molecule has 0 fully saturated rings. The molecule has 3 amide bonds. The highest BCUT2D eigenvalue weighted by Crippen LogP contribution is 2.18. The van der Waals surface area contributed by atoms with E-state index >= 15 is 0 Å². The van der Waals surface area contributed by atoms with Gasteiger partial charge in [-0.2, -0.15) is 0 Å². The molecule has 1 atom stereocenters. The van der Waals surface area contributed by atoms with Crippen molar-refractivity contribution in [2.24, 2.45) is 0 Å². The van der Waals surface area contributed by atoms with Gasteiger partial charge in [0.1, 0.15) is 5.75 Å². The Bertz CT molecular complexity index is 506. The molecule has 0 aliphatic heterocycles. The van der Waals surface area contributed by atoms with Crippen molar-refractivity contribution in [2.45, 2.75) is 39.7 Å². The minimum atomic E-state index is -0.289. The van der Waals surface area contributed by atoms with Crippen molar-refractivity contribution in [3.63, 3.8) is 0 Å². The van der Waals surface area contributed by atoms with Gasteiger partial charge in [0.05, 0.1) is 12.6 Å². The second kappa shape index (κ2) is 10.5. The number of hydrogen-bond donors (Lipinski definition) is 3. The maximum absolute atomic E-state index is 11.8. The maximum Gasteiger partial charge on any atom is 0.315 e. The second-order valence-corrected chi connectivity index (χ2v) is 5.23. The zero-order valence-corrected chi connectivity index (χ0v) is 14.1. The van der Waals surface area contributed by atoms with Gasteiger partial charge in [0.2, 0.25) is 5.91 Å². The molecule has 0 aromatic heterocycles. The Hall–Kier alpha value is -2.24. The van der Waals surface area contributed by atoms with Crippen LogP contribution < -0.4 is 20.7 Å².